The van der Waals surface area contributed by atoms with E-state index in [0.29, 0.717) is 19.8 Å². The van der Waals surface area contributed by atoms with Crippen LogP contribution < -0.4 is 4.72 Å². The zero-order chi connectivity index (χ0) is 14.8. The van der Waals surface area contributed by atoms with Crippen molar-refractivity contribution in [2.24, 2.45) is 0 Å². The fourth-order valence-corrected chi connectivity index (χ4v) is 2.71. The van der Waals surface area contributed by atoms with Crippen molar-refractivity contribution in [1.29, 1.82) is 0 Å². The molecule has 5 nitrogen and oxygen atoms in total. The number of nitrogens with one attached hydrogen (secondary N) is 1. The molecule has 0 amide bonds. The van der Waals surface area contributed by atoms with Crippen molar-refractivity contribution < 1.29 is 17.9 Å². The Kier molecular flexibility index (Phi) is 7.76. The molecule has 114 valence electrons. The van der Waals surface area contributed by atoms with Crippen LogP contribution in [0.25, 0.3) is 0 Å². The lowest BCUT2D eigenvalue weighted by atomic mass is 10.1. The van der Waals surface area contributed by atoms with Crippen LogP contribution in [0.4, 0.5) is 0 Å². The van der Waals surface area contributed by atoms with Gasteiger partial charge in [-0.15, -0.1) is 0 Å². The molecule has 0 fully saturated rings. The maximum absolute atomic E-state index is 12.0. The average Bonchev–Trinajstić information content (AvgIpc) is 2.44. The molecular weight excluding hydrogens is 278 g/mol. The van der Waals surface area contributed by atoms with Crippen LogP contribution in [0.15, 0.2) is 29.2 Å². The average molecular weight is 301 g/mol. The Morgan fingerprint density at radius 3 is 2.40 bits per heavy atom. The van der Waals surface area contributed by atoms with Crippen molar-refractivity contribution in [2.45, 2.75) is 24.7 Å². The van der Waals surface area contributed by atoms with Gasteiger partial charge in [0.25, 0.3) is 0 Å². The molecule has 0 aliphatic heterocycles. The lowest BCUT2D eigenvalue weighted by Gasteiger charge is -2.08. The molecule has 0 unspecified atom stereocenters. The van der Waals surface area contributed by atoms with Crippen molar-refractivity contribution in [2.75, 3.05) is 33.5 Å². The predicted molar refractivity (Wildman–Crippen MR) is 78.3 cm³/mol. The van der Waals surface area contributed by atoms with E-state index >= 15 is 0 Å². The standard InChI is InChI=1S/C14H23NO4S/c1-3-4-13-5-7-14(8-6-13)20(16,17)15-9-10-19-12-11-18-2/h5-8,15H,3-4,9-12H2,1-2H3. The van der Waals surface area contributed by atoms with Gasteiger partial charge in [-0.1, -0.05) is 25.5 Å². The Morgan fingerprint density at radius 1 is 1.10 bits per heavy atom. The molecule has 1 aromatic carbocycles. The van der Waals surface area contributed by atoms with E-state index in [4.69, 9.17) is 9.47 Å². The third-order valence-electron chi connectivity index (χ3n) is 2.74. The molecule has 1 N–H and O–H groups in total. The summed E-state index contributed by atoms with van der Waals surface area (Å²) in [4.78, 5) is 0.286. The molecule has 6 heteroatoms. The maximum atomic E-state index is 12.0. The molecule has 20 heavy (non-hydrogen) atoms. The van der Waals surface area contributed by atoms with Crippen LogP contribution >= 0.6 is 0 Å². The van der Waals surface area contributed by atoms with Gasteiger partial charge in [0.2, 0.25) is 10.0 Å². The molecule has 0 spiro atoms. The van der Waals surface area contributed by atoms with E-state index in [9.17, 15) is 8.42 Å². The number of benzene rings is 1. The zero-order valence-electron chi connectivity index (χ0n) is 12.1. The molecule has 0 heterocycles. The SMILES string of the molecule is CCCc1ccc(S(=O)(=O)NCCOCCOC)cc1. The fraction of sp³-hybridized carbons (Fsp3) is 0.571. The summed E-state index contributed by atoms with van der Waals surface area (Å²) >= 11 is 0. The van der Waals surface area contributed by atoms with Gasteiger partial charge in [-0.05, 0) is 24.1 Å². The van der Waals surface area contributed by atoms with E-state index in [1.807, 2.05) is 12.1 Å². The monoisotopic (exact) mass is 301 g/mol. The smallest absolute Gasteiger partial charge is 0.240 e. The zero-order valence-corrected chi connectivity index (χ0v) is 12.9. The normalized spacial score (nSPS) is 11.7. The molecule has 0 aliphatic carbocycles. The van der Waals surface area contributed by atoms with Gasteiger partial charge in [-0.3, -0.25) is 0 Å². The molecule has 0 atom stereocenters. The van der Waals surface area contributed by atoms with Crippen LogP contribution in [0.5, 0.6) is 0 Å². The van der Waals surface area contributed by atoms with E-state index in [1.165, 1.54) is 0 Å². The first kappa shape index (κ1) is 17.1. The second-order valence-corrected chi connectivity index (χ2v) is 6.16. The first-order chi connectivity index (χ1) is 9.60. The van der Waals surface area contributed by atoms with Crippen LogP contribution in [0.1, 0.15) is 18.9 Å². The van der Waals surface area contributed by atoms with Crippen LogP contribution in [0.3, 0.4) is 0 Å². The van der Waals surface area contributed by atoms with Gasteiger partial charge >= 0.3 is 0 Å². The highest BCUT2D eigenvalue weighted by atomic mass is 32.2. The van der Waals surface area contributed by atoms with Crippen molar-refractivity contribution in [1.82, 2.24) is 4.72 Å². The number of methoxy groups -OCH3 is 1. The minimum atomic E-state index is -3.45. The van der Waals surface area contributed by atoms with Crippen molar-refractivity contribution >= 4 is 10.0 Å². The number of hydrogen-bond acceptors (Lipinski definition) is 4. The quantitative estimate of drug-likeness (QED) is 0.666. The van der Waals surface area contributed by atoms with Crippen molar-refractivity contribution in [3.63, 3.8) is 0 Å². The second-order valence-electron chi connectivity index (χ2n) is 4.40. The molecule has 0 aliphatic rings. The summed E-state index contributed by atoms with van der Waals surface area (Å²) in [5, 5.41) is 0. The highest BCUT2D eigenvalue weighted by Crippen LogP contribution is 2.11. The number of ether oxygens (including phenoxy) is 2. The first-order valence-corrected chi connectivity index (χ1v) is 8.23. The fourth-order valence-electron chi connectivity index (χ4n) is 1.70. The topological polar surface area (TPSA) is 64.6 Å². The van der Waals surface area contributed by atoms with Gasteiger partial charge in [0, 0.05) is 13.7 Å². The number of sulfonamides is 1. The summed E-state index contributed by atoms with van der Waals surface area (Å²) < 4.78 is 36.5. The van der Waals surface area contributed by atoms with E-state index in [1.54, 1.807) is 19.2 Å². The van der Waals surface area contributed by atoms with Gasteiger partial charge in [-0.2, -0.15) is 0 Å². The molecule has 0 saturated heterocycles. The second kappa shape index (κ2) is 9.07. The third kappa shape index (κ3) is 6.00. The highest BCUT2D eigenvalue weighted by Gasteiger charge is 2.12. The van der Waals surface area contributed by atoms with E-state index < -0.39 is 10.0 Å². The maximum Gasteiger partial charge on any atom is 0.240 e. The van der Waals surface area contributed by atoms with Crippen LogP contribution in [-0.2, 0) is 25.9 Å². The molecule has 0 bridgehead atoms. The van der Waals surface area contributed by atoms with E-state index in [-0.39, 0.29) is 11.4 Å². The van der Waals surface area contributed by atoms with Gasteiger partial charge in [0.05, 0.1) is 24.7 Å². The largest absolute Gasteiger partial charge is 0.382 e. The molecule has 0 aromatic heterocycles. The summed E-state index contributed by atoms with van der Waals surface area (Å²) in [6.45, 7) is 3.64. The third-order valence-corrected chi connectivity index (χ3v) is 4.22. The Morgan fingerprint density at radius 2 is 1.80 bits per heavy atom. The summed E-state index contributed by atoms with van der Waals surface area (Å²) in [5.74, 6) is 0. The van der Waals surface area contributed by atoms with Crippen LogP contribution in [0, 0.1) is 0 Å². The minimum absolute atomic E-state index is 0.253. The van der Waals surface area contributed by atoms with Gasteiger partial charge in [0.15, 0.2) is 0 Å². The van der Waals surface area contributed by atoms with Crippen molar-refractivity contribution in [3.05, 3.63) is 29.8 Å². The van der Waals surface area contributed by atoms with E-state index in [0.717, 1.165) is 18.4 Å². The summed E-state index contributed by atoms with van der Waals surface area (Å²) in [6, 6.07) is 6.98. The highest BCUT2D eigenvalue weighted by molar-refractivity contribution is 7.89. The summed E-state index contributed by atoms with van der Waals surface area (Å²) in [7, 11) is -1.85. The summed E-state index contributed by atoms with van der Waals surface area (Å²) in [5.41, 5.74) is 1.15. The lowest BCUT2D eigenvalue weighted by molar-refractivity contribution is 0.0736. The van der Waals surface area contributed by atoms with Crippen LogP contribution in [0.2, 0.25) is 0 Å². The number of aryl methyl sites for hydroxylation is 1. The van der Waals surface area contributed by atoms with Gasteiger partial charge in [-0.25, -0.2) is 13.1 Å². The summed E-state index contributed by atoms with van der Waals surface area (Å²) in [6.07, 6.45) is 2.00. The molecule has 1 aromatic rings. The molecule has 0 saturated carbocycles. The Labute approximate surface area is 121 Å². The Bertz CT molecular complexity index is 470. The van der Waals surface area contributed by atoms with Gasteiger partial charge < -0.3 is 9.47 Å². The molecule has 0 radical (unpaired) electrons. The predicted octanol–water partition coefficient (Wildman–Crippen LogP) is 1.58. The lowest BCUT2D eigenvalue weighted by Crippen LogP contribution is -2.27. The van der Waals surface area contributed by atoms with E-state index in [2.05, 4.69) is 11.6 Å². The Balaban J connectivity index is 2.43. The number of rotatable bonds is 10. The van der Waals surface area contributed by atoms with Crippen molar-refractivity contribution in [3.8, 4) is 0 Å². The Hall–Kier alpha value is -0.950. The van der Waals surface area contributed by atoms with Crippen LogP contribution in [-0.4, -0.2) is 41.9 Å². The minimum Gasteiger partial charge on any atom is -0.382 e. The molecule has 1 rings (SSSR count). The van der Waals surface area contributed by atoms with Gasteiger partial charge in [0.1, 0.15) is 0 Å². The number of hydrogen-bond donors (Lipinski definition) is 1. The first-order valence-electron chi connectivity index (χ1n) is 6.75. The molecular formula is C14H23NO4S.